The zero-order valence-electron chi connectivity index (χ0n) is 14.0. The predicted octanol–water partition coefficient (Wildman–Crippen LogP) is 3.50. The Morgan fingerprint density at radius 2 is 2.09 bits per heavy atom. The number of nitrogens with one attached hydrogen (secondary N) is 1. The molecular formula is C19H28N2O2. The van der Waals surface area contributed by atoms with E-state index in [-0.39, 0.29) is 24.2 Å². The summed E-state index contributed by atoms with van der Waals surface area (Å²) in [6.45, 7) is 2.02. The van der Waals surface area contributed by atoms with E-state index in [4.69, 9.17) is 10.5 Å². The number of rotatable bonds is 5. The number of carbonyl (C=O) groups excluding carboxylic acids is 1. The number of aryl methyl sites for hydroxylation is 1. The Balaban J connectivity index is 1.65. The van der Waals surface area contributed by atoms with Crippen molar-refractivity contribution in [1.82, 2.24) is 5.32 Å². The first kappa shape index (κ1) is 16.3. The summed E-state index contributed by atoms with van der Waals surface area (Å²) in [5, 5.41) is 3.21. The van der Waals surface area contributed by atoms with Crippen molar-refractivity contribution in [2.45, 2.75) is 76.5 Å². The Morgan fingerprint density at radius 3 is 2.83 bits per heavy atom. The van der Waals surface area contributed by atoms with Crippen molar-refractivity contribution >= 4 is 11.6 Å². The van der Waals surface area contributed by atoms with Crippen molar-refractivity contribution in [3.63, 3.8) is 0 Å². The minimum absolute atomic E-state index is 0.0362. The number of nitrogen functional groups attached to an aromatic ring is 1. The van der Waals surface area contributed by atoms with Crippen LogP contribution in [0.1, 0.15) is 69.0 Å². The Bertz CT molecular complexity index is 552. The molecule has 2 atom stereocenters. The molecule has 0 saturated heterocycles. The fourth-order valence-electron chi connectivity index (χ4n) is 3.85. The van der Waals surface area contributed by atoms with Crippen LogP contribution in [0.15, 0.2) is 18.2 Å². The average molecular weight is 316 g/mol. The maximum Gasteiger partial charge on any atom is 0.249 e. The van der Waals surface area contributed by atoms with Crippen LogP contribution in [0.5, 0.6) is 0 Å². The minimum Gasteiger partial charge on any atom is -0.399 e. The number of amides is 1. The van der Waals surface area contributed by atoms with Gasteiger partial charge in [0.25, 0.3) is 0 Å². The molecule has 3 rings (SSSR count). The second kappa shape index (κ2) is 7.35. The first-order valence-corrected chi connectivity index (χ1v) is 9.01. The third kappa shape index (κ3) is 3.86. The molecule has 2 aliphatic carbocycles. The molecule has 0 aliphatic heterocycles. The number of carbonyl (C=O) groups is 1. The van der Waals surface area contributed by atoms with Crippen LogP contribution in [0.4, 0.5) is 5.69 Å². The van der Waals surface area contributed by atoms with Crippen molar-refractivity contribution < 1.29 is 9.53 Å². The quantitative estimate of drug-likeness (QED) is 0.817. The molecule has 2 aliphatic rings. The SMILES string of the molecule is CCC(OC1CCCC1)C(=O)NC1CCCc2cc(N)ccc21. The van der Waals surface area contributed by atoms with E-state index in [9.17, 15) is 4.79 Å². The molecule has 0 bridgehead atoms. The summed E-state index contributed by atoms with van der Waals surface area (Å²) in [7, 11) is 0. The third-order valence-corrected chi connectivity index (χ3v) is 5.12. The van der Waals surface area contributed by atoms with Crippen LogP contribution in [-0.4, -0.2) is 18.1 Å². The van der Waals surface area contributed by atoms with Crippen molar-refractivity contribution in [3.8, 4) is 0 Å². The van der Waals surface area contributed by atoms with Gasteiger partial charge in [-0.05, 0) is 61.8 Å². The fourth-order valence-corrected chi connectivity index (χ4v) is 3.85. The molecule has 4 heteroatoms. The third-order valence-electron chi connectivity index (χ3n) is 5.12. The molecule has 1 saturated carbocycles. The second-order valence-electron chi connectivity index (χ2n) is 6.85. The van der Waals surface area contributed by atoms with Gasteiger partial charge in [-0.3, -0.25) is 4.79 Å². The van der Waals surface area contributed by atoms with E-state index in [1.54, 1.807) is 0 Å². The molecule has 0 aromatic heterocycles. The van der Waals surface area contributed by atoms with E-state index in [1.165, 1.54) is 24.0 Å². The van der Waals surface area contributed by atoms with Crippen molar-refractivity contribution in [1.29, 1.82) is 0 Å². The Labute approximate surface area is 138 Å². The molecule has 1 aromatic carbocycles. The largest absolute Gasteiger partial charge is 0.399 e. The molecule has 0 radical (unpaired) electrons. The first-order chi connectivity index (χ1) is 11.2. The Kier molecular flexibility index (Phi) is 5.21. The molecule has 0 spiro atoms. The Hall–Kier alpha value is -1.55. The molecular weight excluding hydrogens is 288 g/mol. The number of hydrogen-bond donors (Lipinski definition) is 2. The van der Waals surface area contributed by atoms with Crippen molar-refractivity contribution in [3.05, 3.63) is 29.3 Å². The van der Waals surface area contributed by atoms with Crippen molar-refractivity contribution in [2.24, 2.45) is 0 Å². The van der Waals surface area contributed by atoms with E-state index >= 15 is 0 Å². The summed E-state index contributed by atoms with van der Waals surface area (Å²) in [6, 6.07) is 6.12. The molecule has 1 fully saturated rings. The van der Waals surface area contributed by atoms with Crippen LogP contribution in [0.2, 0.25) is 0 Å². The van der Waals surface area contributed by atoms with E-state index < -0.39 is 0 Å². The van der Waals surface area contributed by atoms with Gasteiger partial charge in [0, 0.05) is 5.69 Å². The maximum absolute atomic E-state index is 12.6. The van der Waals surface area contributed by atoms with Crippen molar-refractivity contribution in [2.75, 3.05) is 5.73 Å². The molecule has 23 heavy (non-hydrogen) atoms. The predicted molar refractivity (Wildman–Crippen MR) is 92.1 cm³/mol. The summed E-state index contributed by atoms with van der Waals surface area (Å²) >= 11 is 0. The van der Waals surface area contributed by atoms with E-state index in [1.807, 2.05) is 19.1 Å². The second-order valence-corrected chi connectivity index (χ2v) is 6.85. The first-order valence-electron chi connectivity index (χ1n) is 9.01. The zero-order chi connectivity index (χ0) is 16.2. The van der Waals surface area contributed by atoms with Gasteiger partial charge in [0.15, 0.2) is 0 Å². The topological polar surface area (TPSA) is 64.3 Å². The van der Waals surface area contributed by atoms with Gasteiger partial charge in [-0.2, -0.15) is 0 Å². The molecule has 0 heterocycles. The van der Waals surface area contributed by atoms with Crippen LogP contribution >= 0.6 is 0 Å². The number of fused-ring (bicyclic) bond motifs is 1. The molecule has 3 N–H and O–H groups in total. The van der Waals surface area contributed by atoms with Crippen LogP contribution in [0.25, 0.3) is 0 Å². The molecule has 126 valence electrons. The van der Waals surface area contributed by atoms with Gasteiger partial charge < -0.3 is 15.8 Å². The van der Waals surface area contributed by atoms with E-state index in [0.717, 1.165) is 44.2 Å². The van der Waals surface area contributed by atoms with Gasteiger partial charge in [0.05, 0.1) is 12.1 Å². The van der Waals surface area contributed by atoms with Gasteiger partial charge in [0.1, 0.15) is 6.10 Å². The van der Waals surface area contributed by atoms with E-state index in [0.29, 0.717) is 0 Å². The van der Waals surface area contributed by atoms with Crippen LogP contribution in [0.3, 0.4) is 0 Å². The lowest BCUT2D eigenvalue weighted by atomic mass is 9.87. The maximum atomic E-state index is 12.6. The lowest BCUT2D eigenvalue weighted by molar-refractivity contribution is -0.137. The lowest BCUT2D eigenvalue weighted by Gasteiger charge is -2.29. The summed E-state index contributed by atoms with van der Waals surface area (Å²) in [4.78, 5) is 12.6. The number of benzene rings is 1. The number of ether oxygens (including phenoxy) is 1. The lowest BCUT2D eigenvalue weighted by Crippen LogP contribution is -2.40. The van der Waals surface area contributed by atoms with E-state index in [2.05, 4.69) is 11.4 Å². The van der Waals surface area contributed by atoms with Crippen LogP contribution < -0.4 is 11.1 Å². The van der Waals surface area contributed by atoms with Gasteiger partial charge in [-0.1, -0.05) is 25.8 Å². The van der Waals surface area contributed by atoms with Gasteiger partial charge in [0.2, 0.25) is 5.91 Å². The van der Waals surface area contributed by atoms with Gasteiger partial charge in [-0.25, -0.2) is 0 Å². The summed E-state index contributed by atoms with van der Waals surface area (Å²) in [5.41, 5.74) is 9.17. The smallest absolute Gasteiger partial charge is 0.249 e. The Morgan fingerprint density at radius 1 is 1.30 bits per heavy atom. The van der Waals surface area contributed by atoms with Crippen LogP contribution in [-0.2, 0) is 16.0 Å². The number of nitrogens with two attached hydrogens (primary N) is 1. The summed E-state index contributed by atoms with van der Waals surface area (Å²) in [6.07, 6.45) is 8.42. The monoisotopic (exact) mass is 316 g/mol. The number of anilines is 1. The molecule has 4 nitrogen and oxygen atoms in total. The van der Waals surface area contributed by atoms with Gasteiger partial charge >= 0.3 is 0 Å². The highest BCUT2D eigenvalue weighted by Gasteiger charge is 2.28. The molecule has 2 unspecified atom stereocenters. The summed E-state index contributed by atoms with van der Waals surface area (Å²) in [5.74, 6) is 0.0362. The minimum atomic E-state index is -0.322. The van der Waals surface area contributed by atoms with Gasteiger partial charge in [-0.15, -0.1) is 0 Å². The average Bonchev–Trinajstić information content (AvgIpc) is 3.05. The fraction of sp³-hybridized carbons (Fsp3) is 0.632. The normalized spacial score (nSPS) is 22.6. The number of hydrogen-bond acceptors (Lipinski definition) is 3. The standard InChI is InChI=1S/C19H28N2O2/c1-2-18(23-15-7-3-4-8-15)19(22)21-17-9-5-6-13-12-14(20)10-11-16(13)17/h10-12,15,17-18H,2-9,20H2,1H3,(H,21,22). The highest BCUT2D eigenvalue weighted by Crippen LogP contribution is 2.31. The molecule has 1 amide bonds. The van der Waals surface area contributed by atoms with Crippen LogP contribution in [0, 0.1) is 0 Å². The summed E-state index contributed by atoms with van der Waals surface area (Å²) < 4.78 is 6.04. The molecule has 1 aromatic rings. The highest BCUT2D eigenvalue weighted by atomic mass is 16.5. The zero-order valence-corrected chi connectivity index (χ0v) is 14.0. The highest BCUT2D eigenvalue weighted by molar-refractivity contribution is 5.81.